The van der Waals surface area contributed by atoms with Crippen LogP contribution in [0, 0.1) is 0 Å². The van der Waals surface area contributed by atoms with Crippen LogP contribution in [0.25, 0.3) is 0 Å². The summed E-state index contributed by atoms with van der Waals surface area (Å²) in [6.07, 6.45) is 5.28. The molecule has 0 aromatic carbocycles. The third-order valence-electron chi connectivity index (χ3n) is 2.34. The molecule has 2 aromatic heterocycles. The van der Waals surface area contributed by atoms with Crippen molar-refractivity contribution < 1.29 is 4.74 Å². The Hall–Kier alpha value is -1.53. The Morgan fingerprint density at radius 3 is 2.94 bits per heavy atom. The van der Waals surface area contributed by atoms with Crippen molar-refractivity contribution in [3.8, 4) is 5.75 Å². The Bertz CT molecular complexity index is 460. The Balaban J connectivity index is 2.28. The van der Waals surface area contributed by atoms with E-state index in [4.69, 9.17) is 4.74 Å². The minimum Gasteiger partial charge on any atom is -0.492 e. The minimum absolute atomic E-state index is 0.00153. The summed E-state index contributed by atoms with van der Waals surface area (Å²) in [4.78, 5) is 4.17. The van der Waals surface area contributed by atoms with Crippen molar-refractivity contribution in [2.45, 2.75) is 13.0 Å². The SMILES string of the molecule is CCOc1cncc(C(NC)c2cnsn2)c1. The van der Waals surface area contributed by atoms with E-state index in [1.54, 1.807) is 12.4 Å². The summed E-state index contributed by atoms with van der Waals surface area (Å²) >= 11 is 1.20. The van der Waals surface area contributed by atoms with Gasteiger partial charge in [0.1, 0.15) is 5.75 Å². The Kier molecular flexibility index (Phi) is 4.00. The van der Waals surface area contributed by atoms with Gasteiger partial charge in [0.25, 0.3) is 0 Å². The van der Waals surface area contributed by atoms with Crippen LogP contribution in [0.5, 0.6) is 5.75 Å². The average Bonchev–Trinajstić information content (AvgIpc) is 2.85. The summed E-state index contributed by atoms with van der Waals surface area (Å²) in [5.41, 5.74) is 1.92. The van der Waals surface area contributed by atoms with Crippen LogP contribution < -0.4 is 10.1 Å². The van der Waals surface area contributed by atoms with E-state index in [0.29, 0.717) is 6.61 Å². The molecule has 1 unspecified atom stereocenters. The highest BCUT2D eigenvalue weighted by Crippen LogP contribution is 2.22. The fraction of sp³-hybridized carbons (Fsp3) is 0.364. The maximum atomic E-state index is 5.43. The van der Waals surface area contributed by atoms with Gasteiger partial charge in [-0.15, -0.1) is 0 Å². The molecule has 0 saturated heterocycles. The molecule has 0 bridgehead atoms. The van der Waals surface area contributed by atoms with Crippen LogP contribution in [0.3, 0.4) is 0 Å². The molecule has 6 heteroatoms. The number of ether oxygens (including phenoxy) is 1. The van der Waals surface area contributed by atoms with Crippen molar-refractivity contribution in [1.82, 2.24) is 19.0 Å². The molecule has 0 amide bonds. The molecule has 0 spiro atoms. The smallest absolute Gasteiger partial charge is 0.137 e. The van der Waals surface area contributed by atoms with E-state index in [2.05, 4.69) is 19.0 Å². The summed E-state index contributed by atoms with van der Waals surface area (Å²) in [7, 11) is 1.89. The number of nitrogens with zero attached hydrogens (tertiary/aromatic N) is 3. The van der Waals surface area contributed by atoms with Crippen molar-refractivity contribution >= 4 is 11.7 Å². The van der Waals surface area contributed by atoms with E-state index >= 15 is 0 Å². The van der Waals surface area contributed by atoms with E-state index in [-0.39, 0.29) is 6.04 Å². The standard InChI is InChI=1S/C11H14N4OS/c1-3-16-9-4-8(5-13-6-9)11(12-2)10-7-14-17-15-10/h4-7,11-12H,3H2,1-2H3. The summed E-state index contributed by atoms with van der Waals surface area (Å²) < 4.78 is 13.7. The van der Waals surface area contributed by atoms with Gasteiger partial charge in [-0.05, 0) is 25.6 Å². The lowest BCUT2D eigenvalue weighted by atomic mass is 10.1. The molecular weight excluding hydrogens is 236 g/mol. The van der Waals surface area contributed by atoms with Gasteiger partial charge in [0, 0.05) is 6.20 Å². The fourth-order valence-corrected chi connectivity index (χ4v) is 2.07. The lowest BCUT2D eigenvalue weighted by Gasteiger charge is -2.14. The molecule has 2 aromatic rings. The van der Waals surface area contributed by atoms with Crippen molar-refractivity contribution in [3.05, 3.63) is 35.9 Å². The maximum Gasteiger partial charge on any atom is 0.137 e. The monoisotopic (exact) mass is 250 g/mol. The predicted molar refractivity (Wildman–Crippen MR) is 66.2 cm³/mol. The quantitative estimate of drug-likeness (QED) is 0.874. The highest BCUT2D eigenvalue weighted by Gasteiger charge is 2.15. The van der Waals surface area contributed by atoms with Crippen LogP contribution in [0.4, 0.5) is 0 Å². The van der Waals surface area contributed by atoms with Gasteiger partial charge in [-0.25, -0.2) is 0 Å². The lowest BCUT2D eigenvalue weighted by Crippen LogP contribution is -2.18. The predicted octanol–water partition coefficient (Wildman–Crippen LogP) is 1.64. The Labute approximate surface area is 104 Å². The Morgan fingerprint density at radius 2 is 2.29 bits per heavy atom. The second-order valence-corrected chi connectivity index (χ2v) is 4.00. The number of aromatic nitrogens is 3. The number of nitrogens with one attached hydrogen (secondary N) is 1. The third kappa shape index (κ3) is 2.78. The van der Waals surface area contributed by atoms with Gasteiger partial charge in [0.15, 0.2) is 0 Å². The molecule has 0 aliphatic heterocycles. The average molecular weight is 250 g/mol. The van der Waals surface area contributed by atoms with E-state index < -0.39 is 0 Å². The second-order valence-electron chi connectivity index (χ2n) is 3.44. The molecule has 17 heavy (non-hydrogen) atoms. The zero-order valence-corrected chi connectivity index (χ0v) is 10.6. The minimum atomic E-state index is 0.00153. The number of hydrogen-bond acceptors (Lipinski definition) is 6. The molecule has 90 valence electrons. The first-order chi connectivity index (χ1) is 8.35. The van der Waals surface area contributed by atoms with E-state index in [0.717, 1.165) is 17.0 Å². The van der Waals surface area contributed by atoms with Crippen molar-refractivity contribution in [1.29, 1.82) is 0 Å². The van der Waals surface area contributed by atoms with E-state index in [1.165, 1.54) is 11.7 Å². The topological polar surface area (TPSA) is 59.9 Å². The molecule has 0 aliphatic rings. The highest BCUT2D eigenvalue weighted by molar-refractivity contribution is 6.99. The first kappa shape index (κ1) is 11.9. The summed E-state index contributed by atoms with van der Waals surface area (Å²) in [5.74, 6) is 0.772. The molecule has 2 rings (SSSR count). The van der Waals surface area contributed by atoms with Gasteiger partial charge in [-0.2, -0.15) is 8.75 Å². The molecule has 2 heterocycles. The van der Waals surface area contributed by atoms with Gasteiger partial charge >= 0.3 is 0 Å². The van der Waals surface area contributed by atoms with Crippen LogP contribution in [-0.4, -0.2) is 27.4 Å². The zero-order chi connectivity index (χ0) is 12.1. The van der Waals surface area contributed by atoms with Crippen LogP contribution in [-0.2, 0) is 0 Å². The van der Waals surface area contributed by atoms with Crippen molar-refractivity contribution in [2.75, 3.05) is 13.7 Å². The molecule has 0 fully saturated rings. The number of pyridine rings is 1. The Morgan fingerprint density at radius 1 is 1.41 bits per heavy atom. The van der Waals surface area contributed by atoms with E-state index in [9.17, 15) is 0 Å². The molecule has 5 nitrogen and oxygen atoms in total. The third-order valence-corrected chi connectivity index (χ3v) is 2.83. The molecule has 1 atom stereocenters. The van der Waals surface area contributed by atoms with Crippen LogP contribution >= 0.6 is 11.7 Å². The normalized spacial score (nSPS) is 12.4. The summed E-state index contributed by atoms with van der Waals surface area (Å²) in [5, 5.41) is 3.20. The van der Waals surface area contributed by atoms with Gasteiger partial charge in [0.05, 0.1) is 42.5 Å². The molecular formula is C11H14N4OS. The number of rotatable bonds is 5. The van der Waals surface area contributed by atoms with Gasteiger partial charge in [-0.1, -0.05) is 0 Å². The molecule has 1 N–H and O–H groups in total. The number of hydrogen-bond donors (Lipinski definition) is 1. The summed E-state index contributed by atoms with van der Waals surface area (Å²) in [6.45, 7) is 2.58. The zero-order valence-electron chi connectivity index (χ0n) is 9.75. The van der Waals surface area contributed by atoms with Crippen LogP contribution in [0.1, 0.15) is 24.2 Å². The van der Waals surface area contributed by atoms with Crippen molar-refractivity contribution in [2.24, 2.45) is 0 Å². The molecule has 0 saturated carbocycles. The van der Waals surface area contributed by atoms with Crippen molar-refractivity contribution in [3.63, 3.8) is 0 Å². The first-order valence-corrected chi connectivity index (χ1v) is 6.10. The fourth-order valence-electron chi connectivity index (χ4n) is 1.62. The first-order valence-electron chi connectivity index (χ1n) is 5.37. The van der Waals surface area contributed by atoms with Gasteiger partial charge in [0.2, 0.25) is 0 Å². The maximum absolute atomic E-state index is 5.43. The highest BCUT2D eigenvalue weighted by atomic mass is 32.1. The van der Waals surface area contributed by atoms with E-state index in [1.807, 2.05) is 26.2 Å². The van der Waals surface area contributed by atoms with Crippen LogP contribution in [0.15, 0.2) is 24.7 Å². The second kappa shape index (κ2) is 5.70. The molecule has 0 radical (unpaired) electrons. The largest absolute Gasteiger partial charge is 0.492 e. The summed E-state index contributed by atoms with van der Waals surface area (Å²) in [6, 6.07) is 1.97. The lowest BCUT2D eigenvalue weighted by molar-refractivity contribution is 0.338. The molecule has 0 aliphatic carbocycles. The van der Waals surface area contributed by atoms with Crippen LogP contribution in [0.2, 0.25) is 0 Å². The van der Waals surface area contributed by atoms with Gasteiger partial charge in [-0.3, -0.25) is 4.98 Å². The van der Waals surface area contributed by atoms with Gasteiger partial charge < -0.3 is 10.1 Å².